The van der Waals surface area contributed by atoms with Gasteiger partial charge in [0.05, 0.1) is 18.9 Å². The molecule has 0 bridgehead atoms. The van der Waals surface area contributed by atoms with E-state index in [1.165, 1.54) is 5.56 Å². The van der Waals surface area contributed by atoms with Crippen LogP contribution in [0.5, 0.6) is 0 Å². The van der Waals surface area contributed by atoms with Gasteiger partial charge < -0.3 is 9.42 Å². The van der Waals surface area contributed by atoms with Gasteiger partial charge in [0.1, 0.15) is 10.8 Å². The van der Waals surface area contributed by atoms with E-state index in [0.717, 1.165) is 55.1 Å². The average Bonchev–Trinajstić information content (AvgIpc) is 3.13. The lowest BCUT2D eigenvalue weighted by Gasteiger charge is -2.34. The highest BCUT2D eigenvalue weighted by atomic mass is 32.2. The van der Waals surface area contributed by atoms with Gasteiger partial charge >= 0.3 is 0 Å². The summed E-state index contributed by atoms with van der Waals surface area (Å²) in [6, 6.07) is 10.4. The summed E-state index contributed by atoms with van der Waals surface area (Å²) in [5.41, 5.74) is 1.29. The number of piperazine rings is 1. The van der Waals surface area contributed by atoms with Gasteiger partial charge in [-0.25, -0.2) is 4.98 Å². The van der Waals surface area contributed by atoms with Crippen LogP contribution < -0.4 is 4.90 Å². The minimum atomic E-state index is 0.615. The molecule has 7 nitrogen and oxygen atoms in total. The summed E-state index contributed by atoms with van der Waals surface area (Å²) < 4.78 is 5.05. The Hall–Kier alpha value is -2.45. The van der Waals surface area contributed by atoms with Gasteiger partial charge in [0.2, 0.25) is 5.89 Å². The van der Waals surface area contributed by atoms with Gasteiger partial charge in [0, 0.05) is 38.9 Å². The predicted molar refractivity (Wildman–Crippen MR) is 105 cm³/mol. The molecule has 1 aromatic carbocycles. The van der Waals surface area contributed by atoms with Gasteiger partial charge in [-0.15, -0.1) is 11.8 Å². The Bertz CT molecular complexity index is 863. The molecule has 0 amide bonds. The molecule has 0 saturated carbocycles. The lowest BCUT2D eigenvalue weighted by Crippen LogP contribution is -2.46. The molecule has 4 rings (SSSR count). The van der Waals surface area contributed by atoms with Gasteiger partial charge in [-0.05, 0) is 5.56 Å². The first-order chi connectivity index (χ1) is 13.3. The number of hydrogen-bond acceptors (Lipinski definition) is 8. The molecule has 2 aromatic heterocycles. The third kappa shape index (κ3) is 4.84. The number of benzene rings is 1. The molecule has 0 N–H and O–H groups in total. The molecule has 1 fully saturated rings. The van der Waals surface area contributed by atoms with E-state index in [2.05, 4.69) is 49.2 Å². The summed E-state index contributed by atoms with van der Waals surface area (Å²) in [6.45, 7) is 6.25. The van der Waals surface area contributed by atoms with Crippen molar-refractivity contribution in [1.82, 2.24) is 25.0 Å². The Morgan fingerprint density at radius 1 is 1.04 bits per heavy atom. The number of anilines is 1. The monoisotopic (exact) mass is 382 g/mol. The van der Waals surface area contributed by atoms with Crippen LogP contribution in [0.25, 0.3) is 0 Å². The van der Waals surface area contributed by atoms with Crippen LogP contribution in [-0.4, -0.2) is 51.2 Å². The van der Waals surface area contributed by atoms with Crippen LogP contribution in [0.4, 0.5) is 5.82 Å². The van der Waals surface area contributed by atoms with Crippen LogP contribution in [0, 0.1) is 6.92 Å². The zero-order chi connectivity index (χ0) is 18.5. The molecule has 27 heavy (non-hydrogen) atoms. The fourth-order valence-corrected chi connectivity index (χ4v) is 3.83. The minimum Gasteiger partial charge on any atom is -0.353 e. The average molecular weight is 382 g/mol. The number of rotatable bonds is 6. The normalized spacial score (nSPS) is 15.2. The summed E-state index contributed by atoms with van der Waals surface area (Å²) in [7, 11) is 0. The third-order valence-electron chi connectivity index (χ3n) is 4.46. The predicted octanol–water partition coefficient (Wildman–Crippen LogP) is 2.78. The van der Waals surface area contributed by atoms with Crippen molar-refractivity contribution in [2.24, 2.45) is 0 Å². The molecular formula is C19H22N6OS. The molecule has 1 aliphatic heterocycles. The molecule has 140 valence electrons. The van der Waals surface area contributed by atoms with Gasteiger partial charge in [0.15, 0.2) is 5.82 Å². The van der Waals surface area contributed by atoms with E-state index in [4.69, 9.17) is 9.51 Å². The maximum absolute atomic E-state index is 5.05. The van der Waals surface area contributed by atoms with Crippen molar-refractivity contribution >= 4 is 17.6 Å². The Kier molecular flexibility index (Phi) is 5.64. The second-order valence-corrected chi connectivity index (χ2v) is 7.48. The lowest BCUT2D eigenvalue weighted by atomic mass is 10.2. The fraction of sp³-hybridized carbons (Fsp3) is 0.368. The molecule has 1 saturated heterocycles. The third-order valence-corrected chi connectivity index (χ3v) is 5.43. The smallest absolute Gasteiger partial charge is 0.223 e. The van der Waals surface area contributed by atoms with E-state index in [1.54, 1.807) is 11.8 Å². The number of aryl methyl sites for hydroxylation is 1. The van der Waals surface area contributed by atoms with Crippen LogP contribution in [0.1, 0.15) is 17.3 Å². The summed E-state index contributed by atoms with van der Waals surface area (Å²) in [6.07, 6.45) is 3.69. The van der Waals surface area contributed by atoms with Crippen molar-refractivity contribution in [2.45, 2.75) is 24.2 Å². The first kappa shape index (κ1) is 17.9. The van der Waals surface area contributed by atoms with E-state index in [-0.39, 0.29) is 0 Å². The number of thioether (sulfide) groups is 1. The van der Waals surface area contributed by atoms with Crippen LogP contribution in [0.3, 0.4) is 0 Å². The van der Waals surface area contributed by atoms with Crippen LogP contribution in [0.2, 0.25) is 0 Å². The molecule has 8 heteroatoms. The highest BCUT2D eigenvalue weighted by Gasteiger charge is 2.20. The molecule has 0 atom stereocenters. The van der Waals surface area contributed by atoms with E-state index < -0.39 is 0 Å². The van der Waals surface area contributed by atoms with Gasteiger partial charge in [-0.2, -0.15) is 4.98 Å². The molecule has 0 aliphatic carbocycles. The van der Waals surface area contributed by atoms with E-state index in [9.17, 15) is 0 Å². The Labute approximate surface area is 162 Å². The zero-order valence-electron chi connectivity index (χ0n) is 15.3. The molecule has 3 aromatic rings. The Balaban J connectivity index is 1.31. The number of nitrogens with zero attached hydrogens (tertiary/aromatic N) is 6. The summed E-state index contributed by atoms with van der Waals surface area (Å²) in [5, 5.41) is 4.94. The highest BCUT2D eigenvalue weighted by Crippen LogP contribution is 2.23. The molecular weight excluding hydrogens is 360 g/mol. The first-order valence-electron chi connectivity index (χ1n) is 9.01. The van der Waals surface area contributed by atoms with Crippen molar-refractivity contribution < 1.29 is 4.52 Å². The molecule has 1 aliphatic rings. The SMILES string of the molecule is Cc1nc(CN2CCN(c3cncc(SCc4ccccc4)n3)CC2)no1. The Morgan fingerprint density at radius 2 is 1.85 bits per heavy atom. The highest BCUT2D eigenvalue weighted by molar-refractivity contribution is 7.98. The number of hydrogen-bond donors (Lipinski definition) is 0. The first-order valence-corrected chi connectivity index (χ1v) is 10.00. The largest absolute Gasteiger partial charge is 0.353 e. The van der Waals surface area contributed by atoms with Crippen LogP contribution in [0.15, 0.2) is 52.3 Å². The van der Waals surface area contributed by atoms with Gasteiger partial charge in [-0.1, -0.05) is 35.5 Å². The topological polar surface area (TPSA) is 71.2 Å². The second-order valence-electron chi connectivity index (χ2n) is 6.48. The van der Waals surface area contributed by atoms with Crippen molar-refractivity contribution in [3.63, 3.8) is 0 Å². The van der Waals surface area contributed by atoms with Crippen molar-refractivity contribution in [3.05, 3.63) is 60.0 Å². The van der Waals surface area contributed by atoms with Crippen molar-refractivity contribution in [2.75, 3.05) is 31.1 Å². The molecule has 0 spiro atoms. The quantitative estimate of drug-likeness (QED) is 0.603. The molecule has 3 heterocycles. The van der Waals surface area contributed by atoms with E-state index in [0.29, 0.717) is 5.89 Å². The van der Waals surface area contributed by atoms with Crippen LogP contribution in [-0.2, 0) is 12.3 Å². The summed E-state index contributed by atoms with van der Waals surface area (Å²) >= 11 is 1.72. The fourth-order valence-electron chi connectivity index (χ4n) is 3.03. The maximum atomic E-state index is 5.05. The molecule has 0 unspecified atom stereocenters. The molecule has 0 radical (unpaired) electrons. The van der Waals surface area contributed by atoms with Crippen LogP contribution >= 0.6 is 11.8 Å². The zero-order valence-corrected chi connectivity index (χ0v) is 16.1. The standard InChI is InChI=1S/C19H22N6OS/c1-15-21-17(23-26-15)13-24-7-9-25(10-8-24)18-11-20-12-19(22-18)27-14-16-5-3-2-4-6-16/h2-6,11-12H,7-10,13-14H2,1H3. The summed E-state index contributed by atoms with van der Waals surface area (Å²) in [5.74, 6) is 3.21. The summed E-state index contributed by atoms with van der Waals surface area (Å²) in [4.78, 5) is 18.1. The lowest BCUT2D eigenvalue weighted by molar-refractivity contribution is 0.239. The van der Waals surface area contributed by atoms with Gasteiger partial charge in [0.25, 0.3) is 0 Å². The second kappa shape index (κ2) is 8.49. The van der Waals surface area contributed by atoms with E-state index >= 15 is 0 Å². The Morgan fingerprint density at radius 3 is 2.59 bits per heavy atom. The van der Waals surface area contributed by atoms with Gasteiger partial charge in [-0.3, -0.25) is 9.88 Å². The van der Waals surface area contributed by atoms with E-state index in [1.807, 2.05) is 25.4 Å². The van der Waals surface area contributed by atoms with Crippen molar-refractivity contribution in [1.29, 1.82) is 0 Å². The minimum absolute atomic E-state index is 0.615. The van der Waals surface area contributed by atoms with Crippen molar-refractivity contribution in [3.8, 4) is 0 Å². The number of aromatic nitrogens is 4. The maximum Gasteiger partial charge on any atom is 0.223 e.